The maximum Gasteiger partial charge on any atom is 0.151 e. The fourth-order valence-electron chi connectivity index (χ4n) is 3.92. The zero-order valence-corrected chi connectivity index (χ0v) is 15.9. The van der Waals surface area contributed by atoms with E-state index in [0.29, 0.717) is 12.0 Å². The van der Waals surface area contributed by atoms with Gasteiger partial charge in [-0.1, -0.05) is 11.6 Å². The molecule has 0 saturated heterocycles. The first-order valence-electron chi connectivity index (χ1n) is 8.81. The summed E-state index contributed by atoms with van der Waals surface area (Å²) in [5, 5.41) is 13.2. The van der Waals surface area contributed by atoms with Gasteiger partial charge < -0.3 is 10.1 Å². The van der Waals surface area contributed by atoms with Gasteiger partial charge in [-0.15, -0.1) is 22.6 Å². The van der Waals surface area contributed by atoms with Crippen LogP contribution in [0, 0.1) is 0 Å². The molecule has 2 heterocycles. The van der Waals surface area contributed by atoms with Crippen LogP contribution in [0.1, 0.15) is 55.7 Å². The van der Waals surface area contributed by atoms with E-state index >= 15 is 0 Å². The zero-order valence-electron chi connectivity index (χ0n) is 14.4. The Balaban J connectivity index is 0.00000182. The Morgan fingerprint density at radius 3 is 2.76 bits per heavy atom. The van der Waals surface area contributed by atoms with E-state index in [1.54, 1.807) is 0 Å². The second kappa shape index (κ2) is 8.04. The summed E-state index contributed by atoms with van der Waals surface area (Å²) < 4.78 is 8.03. The lowest BCUT2D eigenvalue weighted by Gasteiger charge is -2.28. The fraction of sp³-hybridized carbons (Fsp3) is 0.556. The van der Waals surface area contributed by atoms with Gasteiger partial charge in [0, 0.05) is 24.1 Å². The molecule has 0 spiro atoms. The average molecular weight is 383 g/mol. The van der Waals surface area contributed by atoms with Gasteiger partial charge in [-0.25, -0.2) is 0 Å². The summed E-state index contributed by atoms with van der Waals surface area (Å²) in [6.45, 7) is 4.40. The monoisotopic (exact) mass is 382 g/mol. The topological polar surface area (TPSA) is 52.0 Å². The Labute approximate surface area is 159 Å². The Morgan fingerprint density at radius 2 is 2.00 bits per heavy atom. The summed E-state index contributed by atoms with van der Waals surface area (Å²) in [6.07, 6.45) is 4.84. The van der Waals surface area contributed by atoms with Crippen LogP contribution < -0.4 is 5.32 Å². The highest BCUT2D eigenvalue weighted by Crippen LogP contribution is 2.35. The second-order valence-corrected chi connectivity index (χ2v) is 7.05. The van der Waals surface area contributed by atoms with Gasteiger partial charge >= 0.3 is 0 Å². The minimum atomic E-state index is 0. The summed E-state index contributed by atoms with van der Waals surface area (Å²) in [5.41, 5.74) is 2.36. The van der Waals surface area contributed by atoms with Crippen LogP contribution in [-0.4, -0.2) is 27.5 Å². The third kappa shape index (κ3) is 3.70. The number of benzene rings is 1. The lowest BCUT2D eigenvalue weighted by Crippen LogP contribution is -2.22. The van der Waals surface area contributed by atoms with Gasteiger partial charge in [0.15, 0.2) is 5.82 Å². The molecule has 1 N–H and O–H groups in total. The van der Waals surface area contributed by atoms with Gasteiger partial charge in [0.2, 0.25) is 0 Å². The third-order valence-electron chi connectivity index (χ3n) is 5.08. The first-order valence-corrected chi connectivity index (χ1v) is 9.19. The van der Waals surface area contributed by atoms with Crippen molar-refractivity contribution in [2.45, 2.75) is 57.7 Å². The molecule has 1 aromatic heterocycles. The lowest BCUT2D eigenvalue weighted by molar-refractivity contribution is 0.0321. The molecular weight excluding hydrogens is 359 g/mol. The Morgan fingerprint density at radius 1 is 1.20 bits per heavy atom. The van der Waals surface area contributed by atoms with Crippen LogP contribution in [0.2, 0.25) is 5.02 Å². The Hall–Kier alpha value is -1.14. The van der Waals surface area contributed by atoms with Gasteiger partial charge in [0.25, 0.3) is 0 Å². The smallest absolute Gasteiger partial charge is 0.151 e. The molecule has 1 fully saturated rings. The van der Waals surface area contributed by atoms with Crippen LogP contribution in [0.3, 0.4) is 0 Å². The normalized spacial score (nSPS) is 22.5. The van der Waals surface area contributed by atoms with Crippen molar-refractivity contribution in [2.75, 3.05) is 6.61 Å². The standard InChI is InChI=1S/C18H23ClN4O.ClH/c1-2-24-15-6-3-12(4-7-15)18-22-21-17-11-20-10-13-9-14(19)5-8-16(13)23(17)18;/h5,8-9,12,15,20H,2-4,6-7,10-11H2,1H3;1H/t12-,15+;. The molecule has 1 aromatic carbocycles. The molecule has 1 saturated carbocycles. The van der Waals surface area contributed by atoms with Gasteiger partial charge in [-0.05, 0) is 56.4 Å². The minimum absolute atomic E-state index is 0. The maximum absolute atomic E-state index is 6.18. The van der Waals surface area contributed by atoms with Crippen LogP contribution >= 0.6 is 24.0 Å². The third-order valence-corrected chi connectivity index (χ3v) is 5.31. The second-order valence-electron chi connectivity index (χ2n) is 6.62. The summed E-state index contributed by atoms with van der Waals surface area (Å²) in [5.74, 6) is 2.52. The number of hydrogen-bond acceptors (Lipinski definition) is 4. The predicted molar refractivity (Wildman–Crippen MR) is 101 cm³/mol. The number of halogens is 2. The zero-order chi connectivity index (χ0) is 16.5. The quantitative estimate of drug-likeness (QED) is 0.870. The molecule has 1 aliphatic carbocycles. The maximum atomic E-state index is 6.18. The molecule has 0 bridgehead atoms. The van der Waals surface area contributed by atoms with Crippen molar-refractivity contribution in [1.29, 1.82) is 0 Å². The molecule has 1 aliphatic heterocycles. The van der Waals surface area contributed by atoms with Gasteiger partial charge in [-0.2, -0.15) is 0 Å². The molecule has 0 amide bonds. The molecule has 7 heteroatoms. The highest BCUT2D eigenvalue weighted by atomic mass is 35.5. The van der Waals surface area contributed by atoms with Gasteiger partial charge in [0.1, 0.15) is 5.82 Å². The number of aromatic nitrogens is 3. The van der Waals surface area contributed by atoms with Gasteiger partial charge in [-0.3, -0.25) is 4.57 Å². The Bertz CT molecular complexity index is 726. The van der Waals surface area contributed by atoms with Crippen molar-refractivity contribution in [3.05, 3.63) is 40.4 Å². The van der Waals surface area contributed by atoms with E-state index in [2.05, 4.69) is 33.1 Å². The predicted octanol–water partition coefficient (Wildman–Crippen LogP) is 4.01. The van der Waals surface area contributed by atoms with E-state index in [4.69, 9.17) is 16.3 Å². The summed E-state index contributed by atoms with van der Waals surface area (Å²) in [6, 6.07) is 6.08. The van der Waals surface area contributed by atoms with E-state index in [9.17, 15) is 0 Å². The van der Waals surface area contributed by atoms with Crippen LogP contribution in [0.4, 0.5) is 0 Å². The molecule has 2 aliphatic rings. The van der Waals surface area contributed by atoms with Crippen LogP contribution in [0.5, 0.6) is 0 Å². The minimum Gasteiger partial charge on any atom is -0.379 e. The van der Waals surface area contributed by atoms with E-state index in [-0.39, 0.29) is 12.4 Å². The first-order chi connectivity index (χ1) is 11.8. The molecule has 2 aromatic rings. The van der Waals surface area contributed by atoms with Crippen molar-refractivity contribution in [2.24, 2.45) is 0 Å². The number of nitrogens with one attached hydrogen (secondary N) is 1. The van der Waals surface area contributed by atoms with Crippen molar-refractivity contribution in [1.82, 2.24) is 20.1 Å². The molecule has 4 rings (SSSR count). The van der Waals surface area contributed by atoms with Crippen molar-refractivity contribution in [3.8, 4) is 5.69 Å². The molecule has 0 unspecified atom stereocenters. The number of rotatable bonds is 3. The van der Waals surface area contributed by atoms with E-state index < -0.39 is 0 Å². The number of fused-ring (bicyclic) bond motifs is 3. The van der Waals surface area contributed by atoms with Crippen molar-refractivity contribution >= 4 is 24.0 Å². The van der Waals surface area contributed by atoms with Crippen molar-refractivity contribution in [3.63, 3.8) is 0 Å². The number of nitrogens with zero attached hydrogens (tertiary/aromatic N) is 3. The largest absolute Gasteiger partial charge is 0.379 e. The summed E-state index contributed by atoms with van der Waals surface area (Å²) in [7, 11) is 0. The first kappa shape index (κ1) is 18.6. The van der Waals surface area contributed by atoms with Crippen LogP contribution in [0.25, 0.3) is 5.69 Å². The van der Waals surface area contributed by atoms with Crippen LogP contribution in [-0.2, 0) is 17.8 Å². The number of hydrogen-bond donors (Lipinski definition) is 1. The van der Waals surface area contributed by atoms with Crippen LogP contribution in [0.15, 0.2) is 18.2 Å². The number of ether oxygens (including phenoxy) is 1. The molecule has 5 nitrogen and oxygen atoms in total. The molecular formula is C18H24Cl2N4O. The Kier molecular flexibility index (Phi) is 6.00. The summed E-state index contributed by atoms with van der Waals surface area (Å²) >= 11 is 6.18. The molecule has 136 valence electrons. The van der Waals surface area contributed by atoms with Gasteiger partial charge in [0.05, 0.1) is 18.3 Å². The SMILES string of the molecule is CCO[C@H]1CC[C@@H](c2nnc3n2-c2ccc(Cl)cc2CNC3)CC1.Cl. The fourth-order valence-corrected chi connectivity index (χ4v) is 4.11. The van der Waals surface area contributed by atoms with E-state index in [1.807, 2.05) is 12.1 Å². The highest BCUT2D eigenvalue weighted by molar-refractivity contribution is 6.30. The molecule has 25 heavy (non-hydrogen) atoms. The van der Waals surface area contributed by atoms with E-state index in [0.717, 1.165) is 67.7 Å². The lowest BCUT2D eigenvalue weighted by atomic mass is 9.86. The molecule has 0 radical (unpaired) electrons. The molecule has 0 atom stereocenters. The van der Waals surface area contributed by atoms with Crippen molar-refractivity contribution < 1.29 is 4.74 Å². The summed E-state index contributed by atoms with van der Waals surface area (Å²) in [4.78, 5) is 0. The average Bonchev–Trinajstić information content (AvgIpc) is 2.92. The highest BCUT2D eigenvalue weighted by Gasteiger charge is 2.29. The van der Waals surface area contributed by atoms with E-state index in [1.165, 1.54) is 5.56 Å².